The van der Waals surface area contributed by atoms with Crippen molar-refractivity contribution in [2.75, 3.05) is 38.0 Å². The summed E-state index contributed by atoms with van der Waals surface area (Å²) in [4.78, 5) is 14.5. The first-order chi connectivity index (χ1) is 10.1. The van der Waals surface area contributed by atoms with Crippen LogP contribution in [0.15, 0.2) is 18.2 Å². The molecule has 0 radical (unpaired) electrons. The second-order valence-electron chi connectivity index (χ2n) is 6.57. The van der Waals surface area contributed by atoms with E-state index in [2.05, 4.69) is 28.5 Å². The third-order valence-corrected chi connectivity index (χ3v) is 4.81. The van der Waals surface area contributed by atoms with Gasteiger partial charge in [0.05, 0.1) is 6.54 Å². The van der Waals surface area contributed by atoms with Crippen LogP contribution in [0.1, 0.15) is 17.5 Å². The van der Waals surface area contributed by atoms with Crippen LogP contribution in [0.4, 0.5) is 5.69 Å². The molecule has 21 heavy (non-hydrogen) atoms. The molecule has 2 heterocycles. The van der Waals surface area contributed by atoms with E-state index in [1.807, 2.05) is 19.1 Å². The maximum Gasteiger partial charge on any atom is 0.238 e. The molecule has 2 aliphatic rings. The molecule has 0 spiro atoms. The number of amides is 1. The Hall–Kier alpha value is -1.39. The Morgan fingerprint density at radius 2 is 2.14 bits per heavy atom. The highest BCUT2D eigenvalue weighted by atomic mass is 16.2. The van der Waals surface area contributed by atoms with Crippen LogP contribution < -0.4 is 10.6 Å². The van der Waals surface area contributed by atoms with Gasteiger partial charge in [-0.15, -0.1) is 0 Å². The maximum atomic E-state index is 12.2. The van der Waals surface area contributed by atoms with Crippen LogP contribution in [0.25, 0.3) is 0 Å². The van der Waals surface area contributed by atoms with E-state index in [1.54, 1.807) is 0 Å². The molecule has 2 fully saturated rings. The highest BCUT2D eigenvalue weighted by Gasteiger charge is 2.33. The standard InChI is InChI=1S/C17H25N3O/c1-12-3-4-16(13(2)7-12)19-17(21)11-20-6-5-14-8-18-9-15(14)10-20/h3-4,7,14-15,18H,5-6,8-11H2,1-2H3,(H,19,21). The van der Waals surface area contributed by atoms with Crippen molar-refractivity contribution in [3.63, 3.8) is 0 Å². The zero-order valence-corrected chi connectivity index (χ0v) is 13.0. The number of piperidine rings is 1. The summed E-state index contributed by atoms with van der Waals surface area (Å²) in [6, 6.07) is 6.14. The van der Waals surface area contributed by atoms with Gasteiger partial charge in [-0.05, 0) is 63.4 Å². The molecular formula is C17H25N3O. The lowest BCUT2D eigenvalue weighted by atomic mass is 9.89. The smallest absolute Gasteiger partial charge is 0.238 e. The average molecular weight is 287 g/mol. The predicted molar refractivity (Wildman–Crippen MR) is 85.5 cm³/mol. The summed E-state index contributed by atoms with van der Waals surface area (Å²) in [7, 11) is 0. The number of anilines is 1. The number of nitrogens with one attached hydrogen (secondary N) is 2. The van der Waals surface area contributed by atoms with E-state index in [4.69, 9.17) is 0 Å². The Balaban J connectivity index is 1.54. The number of aryl methyl sites for hydroxylation is 2. The lowest BCUT2D eigenvalue weighted by Gasteiger charge is -2.33. The molecule has 0 bridgehead atoms. The van der Waals surface area contributed by atoms with E-state index in [1.165, 1.54) is 12.0 Å². The van der Waals surface area contributed by atoms with Gasteiger partial charge < -0.3 is 10.6 Å². The van der Waals surface area contributed by atoms with Crippen LogP contribution in [0, 0.1) is 25.7 Å². The van der Waals surface area contributed by atoms with Crippen LogP contribution in [0.5, 0.6) is 0 Å². The number of carbonyl (C=O) groups is 1. The minimum Gasteiger partial charge on any atom is -0.325 e. The van der Waals surface area contributed by atoms with Crippen molar-refractivity contribution >= 4 is 11.6 Å². The van der Waals surface area contributed by atoms with Crippen LogP contribution in [0.3, 0.4) is 0 Å². The molecule has 0 saturated carbocycles. The number of hydrogen-bond acceptors (Lipinski definition) is 3. The van der Waals surface area contributed by atoms with Crippen LogP contribution >= 0.6 is 0 Å². The van der Waals surface area contributed by atoms with Gasteiger partial charge in [0, 0.05) is 12.2 Å². The first-order valence-electron chi connectivity index (χ1n) is 7.92. The molecule has 0 aliphatic carbocycles. The van der Waals surface area contributed by atoms with Gasteiger partial charge in [0.2, 0.25) is 5.91 Å². The largest absolute Gasteiger partial charge is 0.325 e. The lowest BCUT2D eigenvalue weighted by Crippen LogP contribution is -2.43. The number of carbonyl (C=O) groups excluding carboxylic acids is 1. The normalized spacial score (nSPS) is 25.6. The fraction of sp³-hybridized carbons (Fsp3) is 0.588. The second-order valence-corrected chi connectivity index (χ2v) is 6.57. The summed E-state index contributed by atoms with van der Waals surface area (Å²) >= 11 is 0. The van der Waals surface area contributed by atoms with Gasteiger partial charge in [-0.1, -0.05) is 17.7 Å². The lowest BCUT2D eigenvalue weighted by molar-refractivity contribution is -0.117. The van der Waals surface area contributed by atoms with Crippen molar-refractivity contribution in [1.29, 1.82) is 0 Å². The molecule has 1 amide bonds. The Bertz CT molecular complexity index is 529. The molecular weight excluding hydrogens is 262 g/mol. The molecule has 1 aromatic carbocycles. The number of likely N-dealkylation sites (tertiary alicyclic amines) is 1. The minimum absolute atomic E-state index is 0.103. The van der Waals surface area contributed by atoms with Gasteiger partial charge >= 0.3 is 0 Å². The van der Waals surface area contributed by atoms with E-state index in [-0.39, 0.29) is 5.91 Å². The minimum atomic E-state index is 0.103. The highest BCUT2D eigenvalue weighted by molar-refractivity contribution is 5.93. The number of fused-ring (bicyclic) bond motifs is 1. The summed E-state index contributed by atoms with van der Waals surface area (Å²) in [6.45, 7) is 8.99. The monoisotopic (exact) mass is 287 g/mol. The molecule has 2 unspecified atom stereocenters. The number of nitrogens with zero attached hydrogens (tertiary/aromatic N) is 1. The van der Waals surface area contributed by atoms with E-state index in [0.717, 1.165) is 49.3 Å². The number of hydrogen-bond donors (Lipinski definition) is 2. The molecule has 2 aliphatic heterocycles. The average Bonchev–Trinajstić information content (AvgIpc) is 2.89. The second kappa shape index (κ2) is 6.16. The fourth-order valence-electron chi connectivity index (χ4n) is 3.60. The van der Waals surface area contributed by atoms with Gasteiger partial charge in [0.15, 0.2) is 0 Å². The summed E-state index contributed by atoms with van der Waals surface area (Å²) in [5.41, 5.74) is 3.28. The third-order valence-electron chi connectivity index (χ3n) is 4.81. The summed E-state index contributed by atoms with van der Waals surface area (Å²) < 4.78 is 0. The Morgan fingerprint density at radius 3 is 2.95 bits per heavy atom. The van der Waals surface area contributed by atoms with Gasteiger partial charge in [-0.3, -0.25) is 9.69 Å². The van der Waals surface area contributed by atoms with E-state index in [9.17, 15) is 4.79 Å². The van der Waals surface area contributed by atoms with Gasteiger partial charge in [0.25, 0.3) is 0 Å². The summed E-state index contributed by atoms with van der Waals surface area (Å²) in [5, 5.41) is 6.51. The molecule has 0 aromatic heterocycles. The first kappa shape index (κ1) is 14.5. The number of rotatable bonds is 3. The van der Waals surface area contributed by atoms with Gasteiger partial charge in [-0.2, -0.15) is 0 Å². The van der Waals surface area contributed by atoms with Crippen molar-refractivity contribution in [2.45, 2.75) is 20.3 Å². The molecule has 1 aromatic rings. The molecule has 4 nitrogen and oxygen atoms in total. The fourth-order valence-corrected chi connectivity index (χ4v) is 3.60. The Kier molecular flexibility index (Phi) is 4.27. The van der Waals surface area contributed by atoms with Crippen LogP contribution in [-0.4, -0.2) is 43.5 Å². The quantitative estimate of drug-likeness (QED) is 0.891. The topological polar surface area (TPSA) is 44.4 Å². The SMILES string of the molecule is Cc1ccc(NC(=O)CN2CCC3CNCC3C2)c(C)c1. The van der Waals surface area contributed by atoms with Gasteiger partial charge in [-0.25, -0.2) is 0 Å². The van der Waals surface area contributed by atoms with Crippen LogP contribution in [-0.2, 0) is 4.79 Å². The molecule has 2 saturated heterocycles. The molecule has 3 rings (SSSR count). The molecule has 2 atom stereocenters. The van der Waals surface area contributed by atoms with Crippen molar-refractivity contribution in [3.8, 4) is 0 Å². The predicted octanol–water partition coefficient (Wildman–Crippen LogP) is 1.78. The molecule has 114 valence electrons. The van der Waals surface area contributed by atoms with E-state index >= 15 is 0 Å². The zero-order valence-electron chi connectivity index (χ0n) is 13.0. The number of benzene rings is 1. The van der Waals surface area contributed by atoms with Crippen molar-refractivity contribution in [1.82, 2.24) is 10.2 Å². The highest BCUT2D eigenvalue weighted by Crippen LogP contribution is 2.26. The summed E-state index contributed by atoms with van der Waals surface area (Å²) in [6.07, 6.45) is 1.22. The van der Waals surface area contributed by atoms with Crippen molar-refractivity contribution in [3.05, 3.63) is 29.3 Å². The van der Waals surface area contributed by atoms with Crippen molar-refractivity contribution in [2.24, 2.45) is 11.8 Å². The van der Waals surface area contributed by atoms with E-state index < -0.39 is 0 Å². The molecule has 4 heteroatoms. The maximum absolute atomic E-state index is 12.2. The zero-order chi connectivity index (χ0) is 14.8. The van der Waals surface area contributed by atoms with Crippen molar-refractivity contribution < 1.29 is 4.79 Å². The molecule has 2 N–H and O–H groups in total. The Morgan fingerprint density at radius 1 is 1.33 bits per heavy atom. The van der Waals surface area contributed by atoms with Crippen LogP contribution in [0.2, 0.25) is 0 Å². The first-order valence-corrected chi connectivity index (χ1v) is 7.92. The van der Waals surface area contributed by atoms with Gasteiger partial charge in [0.1, 0.15) is 0 Å². The Labute approximate surface area is 126 Å². The summed E-state index contributed by atoms with van der Waals surface area (Å²) in [5.74, 6) is 1.66. The third kappa shape index (κ3) is 3.44. The van der Waals surface area contributed by atoms with E-state index in [0.29, 0.717) is 6.54 Å².